The van der Waals surface area contributed by atoms with Gasteiger partial charge in [0.15, 0.2) is 0 Å². The number of rotatable bonds is 5. The van der Waals surface area contributed by atoms with Gasteiger partial charge in [-0.1, -0.05) is 50.6 Å². The summed E-state index contributed by atoms with van der Waals surface area (Å²) in [5.41, 5.74) is 3.02. The van der Waals surface area contributed by atoms with Gasteiger partial charge in [0.1, 0.15) is 5.82 Å². The lowest BCUT2D eigenvalue weighted by Crippen LogP contribution is -2.33. The van der Waals surface area contributed by atoms with E-state index in [0.717, 1.165) is 16.9 Å². The highest BCUT2D eigenvalue weighted by molar-refractivity contribution is 6.30. The molecule has 3 aromatic rings. The average Bonchev–Trinajstić information content (AvgIpc) is 3.11. The molecule has 0 aliphatic rings. The number of carbonyl (C=O) groups excluding carboxylic acids is 2. The number of halogens is 1. The molecule has 1 heterocycles. The number of aromatic nitrogens is 2. The highest BCUT2D eigenvalue weighted by Crippen LogP contribution is 2.27. The quantitative estimate of drug-likeness (QED) is 0.633. The summed E-state index contributed by atoms with van der Waals surface area (Å²) in [5.74, 6) is -0.128. The minimum atomic E-state index is -0.343. The number of amides is 2. The van der Waals surface area contributed by atoms with Crippen LogP contribution in [0, 0.1) is 6.92 Å². The van der Waals surface area contributed by atoms with E-state index in [9.17, 15) is 9.59 Å². The highest BCUT2D eigenvalue weighted by atomic mass is 35.5. The first kappa shape index (κ1) is 21.6. The zero-order valence-corrected chi connectivity index (χ0v) is 18.2. The molecule has 0 unspecified atom stereocenters. The van der Waals surface area contributed by atoms with Gasteiger partial charge in [0.05, 0.1) is 17.9 Å². The van der Waals surface area contributed by atoms with Crippen LogP contribution in [0.3, 0.4) is 0 Å². The second kappa shape index (κ2) is 8.71. The molecule has 0 spiro atoms. The normalized spacial score (nSPS) is 11.2. The maximum absolute atomic E-state index is 12.5. The third-order valence-electron chi connectivity index (χ3n) is 4.60. The van der Waals surface area contributed by atoms with Crippen molar-refractivity contribution in [1.82, 2.24) is 15.1 Å². The number of benzene rings is 2. The maximum atomic E-state index is 12.5. The summed E-state index contributed by atoms with van der Waals surface area (Å²) in [6, 6.07) is 16.2. The van der Waals surface area contributed by atoms with Crippen molar-refractivity contribution in [2.24, 2.45) is 0 Å². The van der Waals surface area contributed by atoms with E-state index in [4.69, 9.17) is 16.7 Å². The average molecular weight is 425 g/mol. The third kappa shape index (κ3) is 5.07. The predicted molar refractivity (Wildman–Crippen MR) is 119 cm³/mol. The van der Waals surface area contributed by atoms with Crippen LogP contribution in [-0.4, -0.2) is 28.1 Å². The van der Waals surface area contributed by atoms with E-state index in [-0.39, 0.29) is 23.8 Å². The summed E-state index contributed by atoms with van der Waals surface area (Å²) in [7, 11) is 0. The second-order valence-electron chi connectivity index (χ2n) is 8.10. The van der Waals surface area contributed by atoms with Crippen molar-refractivity contribution >= 4 is 29.2 Å². The van der Waals surface area contributed by atoms with Crippen molar-refractivity contribution in [3.05, 3.63) is 76.4 Å². The topological polar surface area (TPSA) is 76.0 Å². The zero-order chi connectivity index (χ0) is 21.9. The molecule has 0 saturated heterocycles. The van der Waals surface area contributed by atoms with Crippen LogP contribution in [0.5, 0.6) is 0 Å². The van der Waals surface area contributed by atoms with Crippen LogP contribution in [0.2, 0.25) is 5.02 Å². The molecular weight excluding hydrogens is 400 g/mol. The molecule has 6 nitrogen and oxygen atoms in total. The third-order valence-corrected chi connectivity index (χ3v) is 4.86. The van der Waals surface area contributed by atoms with Crippen molar-refractivity contribution in [3.63, 3.8) is 0 Å². The van der Waals surface area contributed by atoms with Gasteiger partial charge in [0.25, 0.3) is 5.91 Å². The van der Waals surface area contributed by atoms with Crippen molar-refractivity contribution in [2.45, 2.75) is 33.1 Å². The van der Waals surface area contributed by atoms with Crippen molar-refractivity contribution in [1.29, 1.82) is 0 Å². The molecule has 0 radical (unpaired) electrons. The smallest absolute Gasteiger partial charge is 0.251 e. The number of carbonyl (C=O) groups is 2. The Morgan fingerprint density at radius 1 is 1.07 bits per heavy atom. The Balaban J connectivity index is 1.77. The number of nitrogens with zero attached hydrogens (tertiary/aromatic N) is 2. The Labute approximate surface area is 181 Å². The van der Waals surface area contributed by atoms with E-state index in [1.165, 1.54) is 0 Å². The first-order chi connectivity index (χ1) is 14.1. The molecular formula is C23H25ClN4O2. The molecule has 0 bridgehead atoms. The van der Waals surface area contributed by atoms with Gasteiger partial charge in [-0.2, -0.15) is 5.10 Å². The van der Waals surface area contributed by atoms with Crippen LogP contribution in [0.15, 0.2) is 54.6 Å². The van der Waals surface area contributed by atoms with Gasteiger partial charge in [-0.3, -0.25) is 9.59 Å². The maximum Gasteiger partial charge on any atom is 0.251 e. The largest absolute Gasteiger partial charge is 0.343 e. The molecule has 0 aliphatic carbocycles. The van der Waals surface area contributed by atoms with E-state index in [1.807, 2.05) is 37.3 Å². The van der Waals surface area contributed by atoms with Gasteiger partial charge in [0, 0.05) is 22.1 Å². The SMILES string of the molecule is Cc1ccccc1-n1nc(C(C)(C)C)cc1NC(=O)CNC(=O)c1ccc(Cl)cc1. The van der Waals surface area contributed by atoms with E-state index in [0.29, 0.717) is 16.4 Å². The number of hydrogen-bond donors (Lipinski definition) is 2. The highest BCUT2D eigenvalue weighted by Gasteiger charge is 2.22. The van der Waals surface area contributed by atoms with Gasteiger partial charge >= 0.3 is 0 Å². The van der Waals surface area contributed by atoms with Gasteiger partial charge in [0.2, 0.25) is 5.91 Å². The van der Waals surface area contributed by atoms with Crippen LogP contribution in [0.1, 0.15) is 42.4 Å². The van der Waals surface area contributed by atoms with Crippen molar-refractivity contribution in [2.75, 3.05) is 11.9 Å². The van der Waals surface area contributed by atoms with Crippen LogP contribution in [-0.2, 0) is 10.2 Å². The van der Waals surface area contributed by atoms with Gasteiger partial charge < -0.3 is 10.6 Å². The Morgan fingerprint density at radius 2 is 1.73 bits per heavy atom. The van der Waals surface area contributed by atoms with E-state index >= 15 is 0 Å². The Hall–Kier alpha value is -3.12. The number of hydrogen-bond acceptors (Lipinski definition) is 3. The number of anilines is 1. The fourth-order valence-corrected chi connectivity index (χ4v) is 3.00. The Kier molecular flexibility index (Phi) is 6.27. The van der Waals surface area contributed by atoms with Gasteiger partial charge in [-0.05, 0) is 42.8 Å². The van der Waals surface area contributed by atoms with E-state index in [1.54, 1.807) is 28.9 Å². The minimum absolute atomic E-state index is 0.161. The van der Waals surface area contributed by atoms with Crippen LogP contribution in [0.25, 0.3) is 5.69 Å². The second-order valence-corrected chi connectivity index (χ2v) is 8.54. The van der Waals surface area contributed by atoms with Crippen molar-refractivity contribution in [3.8, 4) is 5.69 Å². The minimum Gasteiger partial charge on any atom is -0.343 e. The summed E-state index contributed by atoms with van der Waals surface area (Å²) < 4.78 is 1.73. The van der Waals surface area contributed by atoms with Crippen LogP contribution in [0.4, 0.5) is 5.82 Å². The van der Waals surface area contributed by atoms with Crippen molar-refractivity contribution < 1.29 is 9.59 Å². The van der Waals surface area contributed by atoms with Gasteiger partial charge in [-0.25, -0.2) is 4.68 Å². The predicted octanol–water partition coefficient (Wildman–Crippen LogP) is 4.50. The molecule has 0 atom stereocenters. The molecule has 0 aliphatic heterocycles. The molecule has 2 amide bonds. The number of aryl methyl sites for hydroxylation is 1. The molecule has 3 rings (SSSR count). The lowest BCUT2D eigenvalue weighted by atomic mass is 9.92. The van der Waals surface area contributed by atoms with E-state index in [2.05, 4.69) is 31.4 Å². The first-order valence-corrected chi connectivity index (χ1v) is 10.0. The summed E-state index contributed by atoms with van der Waals surface area (Å²) >= 11 is 5.84. The summed E-state index contributed by atoms with van der Waals surface area (Å²) in [4.78, 5) is 24.8. The summed E-state index contributed by atoms with van der Waals surface area (Å²) in [6.45, 7) is 8.03. The molecule has 30 heavy (non-hydrogen) atoms. The van der Waals surface area contributed by atoms with E-state index < -0.39 is 0 Å². The number of para-hydroxylation sites is 1. The molecule has 0 saturated carbocycles. The molecule has 2 aromatic carbocycles. The summed E-state index contributed by atoms with van der Waals surface area (Å²) in [6.07, 6.45) is 0. The standard InChI is InChI=1S/C23H25ClN4O2/c1-15-7-5-6-8-18(15)28-20(13-19(27-28)23(2,3)4)26-21(29)14-25-22(30)16-9-11-17(24)12-10-16/h5-13H,14H2,1-4H3,(H,25,30)(H,26,29). The Morgan fingerprint density at radius 3 is 2.37 bits per heavy atom. The molecule has 7 heteroatoms. The zero-order valence-electron chi connectivity index (χ0n) is 17.5. The molecule has 2 N–H and O–H groups in total. The number of nitrogens with one attached hydrogen (secondary N) is 2. The Bertz CT molecular complexity index is 1070. The molecule has 1 aromatic heterocycles. The lowest BCUT2D eigenvalue weighted by molar-refractivity contribution is -0.115. The first-order valence-electron chi connectivity index (χ1n) is 9.65. The van der Waals surface area contributed by atoms with Crippen LogP contribution >= 0.6 is 11.6 Å². The summed E-state index contributed by atoms with van der Waals surface area (Å²) in [5, 5.41) is 10.8. The van der Waals surface area contributed by atoms with Crippen LogP contribution < -0.4 is 10.6 Å². The fraction of sp³-hybridized carbons (Fsp3) is 0.261. The molecule has 0 fully saturated rings. The fourth-order valence-electron chi connectivity index (χ4n) is 2.87. The lowest BCUT2D eigenvalue weighted by Gasteiger charge is -2.14. The molecule has 156 valence electrons. The van der Waals surface area contributed by atoms with Gasteiger partial charge in [-0.15, -0.1) is 0 Å². The monoisotopic (exact) mass is 424 g/mol.